The Hall–Kier alpha value is -3.08. The van der Waals surface area contributed by atoms with E-state index in [4.69, 9.17) is 0 Å². The topological polar surface area (TPSA) is 3.24 Å². The van der Waals surface area contributed by atoms with Crippen molar-refractivity contribution in [3.63, 3.8) is 0 Å². The first-order valence-corrected chi connectivity index (χ1v) is 25.7. The van der Waals surface area contributed by atoms with Crippen LogP contribution in [-0.4, -0.2) is 29.7 Å². The van der Waals surface area contributed by atoms with Crippen molar-refractivity contribution < 1.29 is 0 Å². The van der Waals surface area contributed by atoms with Crippen LogP contribution in [0.2, 0.25) is 21.1 Å². The molecule has 0 aliphatic heterocycles. The monoisotopic (exact) mass is 827 g/mol. The fourth-order valence-electron chi connectivity index (χ4n) is 9.15. The van der Waals surface area contributed by atoms with E-state index in [0.29, 0.717) is 28.0 Å². The van der Waals surface area contributed by atoms with Gasteiger partial charge in [-0.1, -0.05) is 0 Å². The van der Waals surface area contributed by atoms with Crippen molar-refractivity contribution in [1.29, 1.82) is 0 Å². The standard InChI is InChI=1S/C44H52NSi.C6H13.Sn/c1-31(2)39-29-40(42(35-21-13-9-14-22-35)36-23-15-10-16-24-36)44(45-46(32(3)4,33(5)6)34(7)8)41(30-39)43(37-25-17-11-18-26-37)38-27-19-12-20-28-38;1-5-6(2,3)4;/h9-34,42-43H,1-8H3;1,5H2,2-4H3;/q-1;;+1. The first kappa shape index (κ1) is 41.1. The molecule has 0 bridgehead atoms. The third-order valence-electron chi connectivity index (χ3n) is 11.5. The molecule has 0 saturated heterocycles. The molecule has 0 amide bonds. The number of rotatable bonds is 15. The summed E-state index contributed by atoms with van der Waals surface area (Å²) in [6.07, 6.45) is 1.27. The summed E-state index contributed by atoms with van der Waals surface area (Å²) < 4.78 is 4.62. The molecule has 0 aliphatic rings. The second-order valence-electron chi connectivity index (χ2n) is 17.6. The van der Waals surface area contributed by atoms with Gasteiger partial charge in [-0.05, 0) is 0 Å². The molecule has 53 heavy (non-hydrogen) atoms. The van der Waals surface area contributed by atoms with Crippen LogP contribution >= 0.6 is 0 Å². The van der Waals surface area contributed by atoms with Crippen molar-refractivity contribution in [3.8, 4) is 0 Å². The van der Waals surface area contributed by atoms with Gasteiger partial charge in [0.25, 0.3) is 0 Å². The third-order valence-corrected chi connectivity index (χ3v) is 25.4. The summed E-state index contributed by atoms with van der Waals surface area (Å²) in [5.41, 5.74) is 13.6. The quantitative estimate of drug-likeness (QED) is 0.0751. The van der Waals surface area contributed by atoms with Gasteiger partial charge in [0.2, 0.25) is 0 Å². The Bertz CT molecular complexity index is 1640. The molecule has 3 heteroatoms. The molecule has 278 valence electrons. The molecule has 0 unspecified atom stereocenters. The van der Waals surface area contributed by atoms with E-state index >= 15 is 0 Å². The predicted molar refractivity (Wildman–Crippen MR) is 236 cm³/mol. The van der Waals surface area contributed by atoms with Crippen molar-refractivity contribution in [1.82, 2.24) is 0 Å². The molecule has 1 nitrogen and oxygen atoms in total. The van der Waals surface area contributed by atoms with Crippen LogP contribution in [0.15, 0.2) is 133 Å². The first-order chi connectivity index (χ1) is 25.3. The van der Waals surface area contributed by atoms with Crippen LogP contribution in [0.25, 0.3) is 0 Å². The van der Waals surface area contributed by atoms with E-state index in [1.807, 2.05) is 0 Å². The van der Waals surface area contributed by atoms with Crippen LogP contribution in [-0.2, 0) is 0 Å². The number of benzene rings is 5. The van der Waals surface area contributed by atoms with Gasteiger partial charge in [0.1, 0.15) is 0 Å². The fourth-order valence-corrected chi connectivity index (χ4v) is 29.6. The van der Waals surface area contributed by atoms with Crippen molar-refractivity contribution >= 4 is 35.3 Å². The van der Waals surface area contributed by atoms with E-state index < -0.39 is 29.7 Å². The number of nitrogens with zero attached hydrogens (tertiary/aromatic N) is 1. The van der Waals surface area contributed by atoms with Gasteiger partial charge < -0.3 is 0 Å². The molecule has 0 aromatic heterocycles. The average molecular weight is 827 g/mol. The fraction of sp³-hybridized carbons (Fsp3) is 0.400. The minimum atomic E-state index is -2.19. The number of anilines is 1. The van der Waals surface area contributed by atoms with E-state index in [2.05, 4.69) is 212 Å². The molecule has 2 radical (unpaired) electrons. The zero-order valence-corrected chi connectivity index (χ0v) is 38.4. The Balaban J connectivity index is 2.03. The van der Waals surface area contributed by atoms with Gasteiger partial charge in [-0.15, -0.1) is 0 Å². The average Bonchev–Trinajstić information content (AvgIpc) is 3.12. The van der Waals surface area contributed by atoms with Crippen molar-refractivity contribution in [2.24, 2.45) is 5.41 Å². The summed E-state index contributed by atoms with van der Waals surface area (Å²) in [6, 6.07) is 50.9. The van der Waals surface area contributed by atoms with Crippen LogP contribution in [0.1, 0.15) is 139 Å². The molecule has 0 saturated carbocycles. The Morgan fingerprint density at radius 2 is 0.811 bits per heavy atom. The van der Waals surface area contributed by atoms with E-state index in [1.54, 1.807) is 5.69 Å². The zero-order valence-electron chi connectivity index (χ0n) is 34.5. The molecule has 0 atom stereocenters. The van der Waals surface area contributed by atoms with E-state index in [-0.39, 0.29) is 11.8 Å². The van der Waals surface area contributed by atoms with E-state index in [9.17, 15) is 0 Å². The molecular formula is C50H65NSiSn. The third kappa shape index (κ3) is 9.25. The summed E-state index contributed by atoms with van der Waals surface area (Å²) in [7, 11) is -2.19. The normalized spacial score (nSPS) is 12.5. The molecule has 5 rings (SSSR count). The molecule has 0 spiro atoms. The van der Waals surface area contributed by atoms with Crippen molar-refractivity contribution in [2.45, 2.75) is 121 Å². The van der Waals surface area contributed by atoms with Gasteiger partial charge in [-0.2, -0.15) is 0 Å². The van der Waals surface area contributed by atoms with Crippen molar-refractivity contribution in [3.05, 3.63) is 172 Å². The van der Waals surface area contributed by atoms with Crippen LogP contribution in [0.5, 0.6) is 0 Å². The summed E-state index contributed by atoms with van der Waals surface area (Å²) in [5, 5.41) is 0. The van der Waals surface area contributed by atoms with Crippen LogP contribution < -0.4 is 2.79 Å². The van der Waals surface area contributed by atoms with E-state index in [1.165, 1.54) is 49.8 Å². The van der Waals surface area contributed by atoms with Crippen LogP contribution in [0, 0.1) is 5.41 Å². The van der Waals surface area contributed by atoms with Gasteiger partial charge in [0, 0.05) is 0 Å². The van der Waals surface area contributed by atoms with Crippen molar-refractivity contribution in [2.75, 3.05) is 2.79 Å². The summed E-state index contributed by atoms with van der Waals surface area (Å²) >= 11 is -1.15. The summed E-state index contributed by atoms with van der Waals surface area (Å²) in [5.74, 6) is 0.608. The molecular weight excluding hydrogens is 761 g/mol. The maximum atomic E-state index is 3.29. The Kier molecular flexibility index (Phi) is 14.0. The molecule has 5 aromatic carbocycles. The number of hydrogen-bond donors (Lipinski definition) is 0. The number of hydrogen-bond acceptors (Lipinski definition) is 1. The molecule has 0 heterocycles. The SMILES string of the molecule is CC(C)c1cc(C(c2ccccc2)c2ccccc2)c([N]([Sn][CH2]CC(C)(C)C)[Si](C(C)C)(C(C)C)C(C)C)c(C(c2ccccc2)c2ccccc2)c1. The van der Waals surface area contributed by atoms with Gasteiger partial charge in [0.05, 0.1) is 0 Å². The molecule has 0 fully saturated rings. The van der Waals surface area contributed by atoms with Crippen LogP contribution in [0.4, 0.5) is 5.69 Å². The Morgan fingerprint density at radius 3 is 1.08 bits per heavy atom. The Morgan fingerprint density at radius 1 is 0.491 bits per heavy atom. The second kappa shape index (κ2) is 18.0. The van der Waals surface area contributed by atoms with Gasteiger partial charge in [-0.25, -0.2) is 0 Å². The van der Waals surface area contributed by atoms with Gasteiger partial charge >= 0.3 is 337 Å². The second-order valence-corrected chi connectivity index (χ2v) is 28.2. The predicted octanol–water partition coefficient (Wildman–Crippen LogP) is 14.6. The van der Waals surface area contributed by atoms with Gasteiger partial charge in [0.15, 0.2) is 0 Å². The summed E-state index contributed by atoms with van der Waals surface area (Å²) in [4.78, 5) is 0. The molecule has 5 aromatic rings. The maximum absolute atomic E-state index is 3.29. The molecule has 0 aliphatic carbocycles. The summed E-state index contributed by atoms with van der Waals surface area (Å²) in [6.45, 7) is 27.5. The van der Waals surface area contributed by atoms with Crippen LogP contribution in [0.3, 0.4) is 0 Å². The Labute approximate surface area is 335 Å². The van der Waals surface area contributed by atoms with E-state index in [0.717, 1.165) is 0 Å². The minimum absolute atomic E-state index is 0.111. The zero-order chi connectivity index (χ0) is 38.3. The van der Waals surface area contributed by atoms with Gasteiger partial charge in [-0.3, -0.25) is 0 Å². The molecule has 0 N–H and O–H groups in total. The first-order valence-electron chi connectivity index (χ1n) is 20.2.